The van der Waals surface area contributed by atoms with E-state index in [0.717, 1.165) is 28.5 Å². The first-order valence-corrected chi connectivity index (χ1v) is 8.81. The molecule has 0 atom stereocenters. The Morgan fingerprint density at radius 1 is 0.889 bits per heavy atom. The molecule has 2 N–H and O–H groups in total. The van der Waals surface area contributed by atoms with Crippen molar-refractivity contribution in [3.8, 4) is 11.3 Å². The molecule has 27 heavy (non-hydrogen) atoms. The van der Waals surface area contributed by atoms with Crippen LogP contribution in [-0.4, -0.2) is 9.97 Å². The monoisotopic (exact) mass is 356 g/mol. The molecule has 4 aromatic rings. The van der Waals surface area contributed by atoms with Gasteiger partial charge in [-0.2, -0.15) is 4.98 Å². The van der Waals surface area contributed by atoms with Gasteiger partial charge in [0, 0.05) is 17.3 Å². The van der Waals surface area contributed by atoms with E-state index in [9.17, 15) is 0 Å². The number of nitrogens with zero attached hydrogens (tertiary/aromatic N) is 2. The Labute approximate surface area is 158 Å². The maximum absolute atomic E-state index is 5.39. The smallest absolute Gasteiger partial charge is 0.229 e. The molecule has 134 valence electrons. The highest BCUT2D eigenvalue weighted by Crippen LogP contribution is 2.23. The van der Waals surface area contributed by atoms with Crippen LogP contribution in [0, 0.1) is 6.92 Å². The zero-order valence-corrected chi connectivity index (χ0v) is 15.0. The van der Waals surface area contributed by atoms with Crippen molar-refractivity contribution in [3.63, 3.8) is 0 Å². The highest BCUT2D eigenvalue weighted by molar-refractivity contribution is 5.66. The summed E-state index contributed by atoms with van der Waals surface area (Å²) in [4.78, 5) is 9.30. The first-order valence-electron chi connectivity index (χ1n) is 8.81. The predicted octanol–water partition coefficient (Wildman–Crippen LogP) is 5.40. The van der Waals surface area contributed by atoms with Crippen LogP contribution < -0.4 is 10.6 Å². The molecule has 0 aliphatic heterocycles. The van der Waals surface area contributed by atoms with Crippen molar-refractivity contribution < 1.29 is 4.42 Å². The molecule has 2 aromatic carbocycles. The third kappa shape index (κ3) is 4.33. The van der Waals surface area contributed by atoms with Crippen molar-refractivity contribution in [2.75, 3.05) is 10.6 Å². The Hall–Kier alpha value is -3.60. The fraction of sp³-hybridized carbons (Fsp3) is 0.0909. The summed E-state index contributed by atoms with van der Waals surface area (Å²) in [6, 6.07) is 23.9. The second-order valence-corrected chi connectivity index (χ2v) is 6.26. The van der Waals surface area contributed by atoms with E-state index in [1.807, 2.05) is 60.7 Å². The molecular weight excluding hydrogens is 336 g/mol. The summed E-state index contributed by atoms with van der Waals surface area (Å²) in [5, 5.41) is 6.61. The lowest BCUT2D eigenvalue weighted by molar-refractivity contribution is 0.518. The van der Waals surface area contributed by atoms with Gasteiger partial charge in [0.05, 0.1) is 18.5 Å². The van der Waals surface area contributed by atoms with Crippen LogP contribution in [-0.2, 0) is 6.54 Å². The Bertz CT molecular complexity index is 1010. The lowest BCUT2D eigenvalue weighted by atomic mass is 10.1. The molecule has 0 spiro atoms. The standard InChI is InChI=1S/C22H20N4O/c1-16-7-5-10-18(13-16)24-22-25-20(17-8-3-2-4-9-17)14-21(26-22)23-15-19-11-6-12-27-19/h2-14H,15H2,1H3,(H2,23,24,25,26). The van der Waals surface area contributed by atoms with E-state index in [1.54, 1.807) is 6.26 Å². The largest absolute Gasteiger partial charge is 0.467 e. The molecular formula is C22H20N4O. The van der Waals surface area contributed by atoms with Crippen LogP contribution in [0.2, 0.25) is 0 Å². The molecule has 2 heterocycles. The second-order valence-electron chi connectivity index (χ2n) is 6.26. The third-order valence-electron chi connectivity index (χ3n) is 4.09. The van der Waals surface area contributed by atoms with E-state index >= 15 is 0 Å². The number of aryl methyl sites for hydroxylation is 1. The number of furan rings is 1. The number of anilines is 3. The van der Waals surface area contributed by atoms with E-state index in [0.29, 0.717) is 12.5 Å². The van der Waals surface area contributed by atoms with Gasteiger partial charge in [0.1, 0.15) is 11.6 Å². The van der Waals surface area contributed by atoms with Gasteiger partial charge in [-0.25, -0.2) is 4.98 Å². The molecule has 4 rings (SSSR count). The zero-order valence-electron chi connectivity index (χ0n) is 15.0. The van der Waals surface area contributed by atoms with Crippen molar-refractivity contribution in [2.45, 2.75) is 13.5 Å². The van der Waals surface area contributed by atoms with E-state index < -0.39 is 0 Å². The predicted molar refractivity (Wildman–Crippen MR) is 108 cm³/mol. The molecule has 0 amide bonds. The van der Waals surface area contributed by atoms with Crippen molar-refractivity contribution in [1.82, 2.24) is 9.97 Å². The number of hydrogen-bond donors (Lipinski definition) is 2. The van der Waals surface area contributed by atoms with Gasteiger partial charge >= 0.3 is 0 Å². The Morgan fingerprint density at radius 3 is 2.56 bits per heavy atom. The highest BCUT2D eigenvalue weighted by Gasteiger charge is 2.08. The number of hydrogen-bond acceptors (Lipinski definition) is 5. The first-order chi connectivity index (χ1) is 13.3. The lowest BCUT2D eigenvalue weighted by Crippen LogP contribution is -2.05. The summed E-state index contributed by atoms with van der Waals surface area (Å²) < 4.78 is 5.39. The minimum Gasteiger partial charge on any atom is -0.467 e. The summed E-state index contributed by atoms with van der Waals surface area (Å²) in [6.07, 6.45) is 1.66. The highest BCUT2D eigenvalue weighted by atomic mass is 16.3. The van der Waals surface area contributed by atoms with Gasteiger partial charge in [0.15, 0.2) is 0 Å². The molecule has 0 aliphatic carbocycles. The normalized spacial score (nSPS) is 10.6. The summed E-state index contributed by atoms with van der Waals surface area (Å²) in [5.74, 6) is 2.13. The van der Waals surface area contributed by atoms with Crippen LogP contribution in [0.25, 0.3) is 11.3 Å². The Balaban J connectivity index is 1.65. The van der Waals surface area contributed by atoms with Crippen molar-refractivity contribution in [2.24, 2.45) is 0 Å². The van der Waals surface area contributed by atoms with Gasteiger partial charge in [-0.05, 0) is 36.8 Å². The topological polar surface area (TPSA) is 63.0 Å². The molecule has 5 heteroatoms. The molecule has 5 nitrogen and oxygen atoms in total. The van der Waals surface area contributed by atoms with Crippen molar-refractivity contribution in [1.29, 1.82) is 0 Å². The van der Waals surface area contributed by atoms with E-state index in [4.69, 9.17) is 4.42 Å². The Morgan fingerprint density at radius 2 is 1.78 bits per heavy atom. The van der Waals surface area contributed by atoms with E-state index in [-0.39, 0.29) is 0 Å². The van der Waals surface area contributed by atoms with E-state index in [2.05, 4.69) is 39.7 Å². The lowest BCUT2D eigenvalue weighted by Gasteiger charge is -2.11. The molecule has 0 fully saturated rings. The molecule has 0 radical (unpaired) electrons. The van der Waals surface area contributed by atoms with Crippen LogP contribution in [0.5, 0.6) is 0 Å². The molecule has 0 bridgehead atoms. The molecule has 2 aromatic heterocycles. The number of rotatable bonds is 6. The van der Waals surface area contributed by atoms with Gasteiger partial charge < -0.3 is 15.1 Å². The minimum absolute atomic E-state index is 0.545. The first kappa shape index (κ1) is 16.8. The van der Waals surface area contributed by atoms with Crippen molar-refractivity contribution in [3.05, 3.63) is 90.4 Å². The average Bonchev–Trinajstić information content (AvgIpc) is 3.21. The van der Waals surface area contributed by atoms with E-state index in [1.165, 1.54) is 5.56 Å². The number of benzene rings is 2. The minimum atomic E-state index is 0.545. The maximum Gasteiger partial charge on any atom is 0.229 e. The molecule has 0 aliphatic rings. The quantitative estimate of drug-likeness (QED) is 0.484. The molecule has 0 unspecified atom stereocenters. The summed E-state index contributed by atoms with van der Waals surface area (Å²) in [7, 11) is 0. The van der Waals surface area contributed by atoms with Gasteiger partial charge in [-0.15, -0.1) is 0 Å². The number of aromatic nitrogens is 2. The Kier molecular flexibility index (Phi) is 4.83. The van der Waals surface area contributed by atoms with Crippen LogP contribution >= 0.6 is 0 Å². The zero-order chi connectivity index (χ0) is 18.5. The van der Waals surface area contributed by atoms with Crippen LogP contribution in [0.3, 0.4) is 0 Å². The summed E-state index contributed by atoms with van der Waals surface area (Å²) in [5.41, 5.74) is 4.02. The van der Waals surface area contributed by atoms with Crippen LogP contribution in [0.15, 0.2) is 83.5 Å². The number of nitrogens with one attached hydrogen (secondary N) is 2. The van der Waals surface area contributed by atoms with Gasteiger partial charge in [0.25, 0.3) is 0 Å². The van der Waals surface area contributed by atoms with Crippen molar-refractivity contribution >= 4 is 17.5 Å². The second kappa shape index (κ2) is 7.74. The maximum atomic E-state index is 5.39. The van der Waals surface area contributed by atoms with Crippen LogP contribution in [0.4, 0.5) is 17.5 Å². The van der Waals surface area contributed by atoms with Gasteiger partial charge in [-0.3, -0.25) is 0 Å². The third-order valence-corrected chi connectivity index (χ3v) is 4.09. The van der Waals surface area contributed by atoms with Gasteiger partial charge in [-0.1, -0.05) is 42.5 Å². The SMILES string of the molecule is Cc1cccc(Nc2nc(NCc3ccco3)cc(-c3ccccc3)n2)c1. The summed E-state index contributed by atoms with van der Waals surface area (Å²) in [6.45, 7) is 2.62. The average molecular weight is 356 g/mol. The van der Waals surface area contributed by atoms with Crippen LogP contribution in [0.1, 0.15) is 11.3 Å². The fourth-order valence-corrected chi connectivity index (χ4v) is 2.79. The molecule has 0 saturated heterocycles. The van der Waals surface area contributed by atoms with Gasteiger partial charge in [0.2, 0.25) is 5.95 Å². The summed E-state index contributed by atoms with van der Waals surface area (Å²) >= 11 is 0. The fourth-order valence-electron chi connectivity index (χ4n) is 2.79. The molecule has 0 saturated carbocycles.